The zero-order valence-corrected chi connectivity index (χ0v) is 11.9. The van der Waals surface area contributed by atoms with Gasteiger partial charge in [-0.2, -0.15) is 0 Å². The second-order valence-electron chi connectivity index (χ2n) is 4.88. The molecule has 0 aliphatic rings. The van der Waals surface area contributed by atoms with E-state index >= 15 is 0 Å². The van der Waals surface area contributed by atoms with Crippen LogP contribution in [0, 0.1) is 0 Å². The third kappa shape index (κ3) is 3.88. The smallest absolute Gasteiger partial charge is 0.335 e. The van der Waals surface area contributed by atoms with Gasteiger partial charge in [0, 0.05) is 5.54 Å². The zero-order valence-electron chi connectivity index (χ0n) is 11.9. The lowest BCUT2D eigenvalue weighted by Gasteiger charge is -2.28. The van der Waals surface area contributed by atoms with Gasteiger partial charge in [-0.25, -0.2) is 9.59 Å². The molecule has 0 atom stereocenters. The Balaban J connectivity index is 2.79. The Labute approximate surface area is 117 Å². The molecule has 0 radical (unpaired) electrons. The summed E-state index contributed by atoms with van der Waals surface area (Å²) >= 11 is 0. The van der Waals surface area contributed by atoms with Crippen LogP contribution in [0.15, 0.2) is 18.2 Å². The van der Waals surface area contributed by atoms with Crippen LogP contribution >= 0.6 is 0 Å². The van der Waals surface area contributed by atoms with Crippen molar-refractivity contribution in [2.75, 3.05) is 5.32 Å². The third-order valence-corrected chi connectivity index (χ3v) is 3.47. The molecule has 20 heavy (non-hydrogen) atoms. The van der Waals surface area contributed by atoms with Gasteiger partial charge in [0.2, 0.25) is 0 Å². The van der Waals surface area contributed by atoms with Gasteiger partial charge >= 0.3 is 12.0 Å². The third-order valence-electron chi connectivity index (χ3n) is 3.47. The van der Waals surface area contributed by atoms with Gasteiger partial charge in [0.15, 0.2) is 0 Å². The summed E-state index contributed by atoms with van der Waals surface area (Å²) in [6, 6.07) is 3.33. The molecule has 2 amide bonds. The molecule has 0 bridgehead atoms. The number of carboxylic acid groups (broad SMARTS) is 1. The Hall–Kier alpha value is -2.24. The van der Waals surface area contributed by atoms with Crippen molar-refractivity contribution in [3.63, 3.8) is 0 Å². The fourth-order valence-corrected chi connectivity index (χ4v) is 1.62. The lowest BCUT2D eigenvalue weighted by Crippen LogP contribution is -2.46. The number of carboxylic acids is 1. The number of phenolic OH excluding ortho intramolecular Hbond substituents is 1. The number of rotatable bonds is 5. The van der Waals surface area contributed by atoms with E-state index < -0.39 is 12.0 Å². The number of aromatic carboxylic acids is 1. The minimum absolute atomic E-state index is 0.0413. The maximum atomic E-state index is 11.9. The van der Waals surface area contributed by atoms with Gasteiger partial charge in [0.1, 0.15) is 5.75 Å². The number of amides is 2. The number of nitrogens with one attached hydrogen (secondary N) is 2. The molecule has 1 aromatic carbocycles. The average molecular weight is 280 g/mol. The molecule has 1 rings (SSSR count). The van der Waals surface area contributed by atoms with Crippen LogP contribution in [0.1, 0.15) is 44.0 Å². The van der Waals surface area contributed by atoms with Crippen molar-refractivity contribution in [3.05, 3.63) is 23.8 Å². The van der Waals surface area contributed by atoms with Gasteiger partial charge in [-0.3, -0.25) is 0 Å². The molecule has 0 fully saturated rings. The van der Waals surface area contributed by atoms with Gasteiger partial charge in [-0.15, -0.1) is 0 Å². The summed E-state index contributed by atoms with van der Waals surface area (Å²) in [5.41, 5.74) is -0.191. The second kappa shape index (κ2) is 6.27. The number of anilines is 1. The van der Waals surface area contributed by atoms with Crippen LogP contribution in [-0.2, 0) is 0 Å². The summed E-state index contributed by atoms with van der Waals surface area (Å²) < 4.78 is 0. The minimum atomic E-state index is -1.14. The highest BCUT2D eigenvalue weighted by molar-refractivity contribution is 5.93. The molecule has 110 valence electrons. The Morgan fingerprint density at radius 3 is 2.30 bits per heavy atom. The van der Waals surface area contributed by atoms with Gasteiger partial charge in [-0.05, 0) is 38.0 Å². The van der Waals surface area contributed by atoms with Crippen molar-refractivity contribution < 1.29 is 19.8 Å². The van der Waals surface area contributed by atoms with Crippen LogP contribution in [0.3, 0.4) is 0 Å². The Bertz CT molecular complexity index is 510. The first kappa shape index (κ1) is 15.8. The minimum Gasteiger partial charge on any atom is -0.506 e. The fourth-order valence-electron chi connectivity index (χ4n) is 1.62. The van der Waals surface area contributed by atoms with Crippen LogP contribution in [0.5, 0.6) is 5.75 Å². The molecule has 0 saturated heterocycles. The molecule has 0 heterocycles. The van der Waals surface area contributed by atoms with Crippen LogP contribution in [0.25, 0.3) is 0 Å². The first-order chi connectivity index (χ1) is 9.31. The van der Waals surface area contributed by atoms with Crippen molar-refractivity contribution in [1.29, 1.82) is 0 Å². The van der Waals surface area contributed by atoms with Crippen LogP contribution in [0.2, 0.25) is 0 Å². The SMILES string of the molecule is CCC(C)(CC)NC(=O)Nc1ccc(C(=O)O)cc1O. The van der Waals surface area contributed by atoms with E-state index in [-0.39, 0.29) is 22.5 Å². The summed E-state index contributed by atoms with van der Waals surface area (Å²) in [5.74, 6) is -1.42. The topological polar surface area (TPSA) is 98.7 Å². The van der Waals surface area contributed by atoms with E-state index in [1.54, 1.807) is 0 Å². The number of benzene rings is 1. The highest BCUT2D eigenvalue weighted by Crippen LogP contribution is 2.24. The number of urea groups is 1. The maximum absolute atomic E-state index is 11.9. The summed E-state index contributed by atoms with van der Waals surface area (Å²) in [7, 11) is 0. The predicted octanol–water partition coefficient (Wildman–Crippen LogP) is 2.79. The van der Waals surface area contributed by atoms with E-state index in [9.17, 15) is 14.7 Å². The quantitative estimate of drug-likeness (QED) is 0.623. The monoisotopic (exact) mass is 280 g/mol. The summed E-state index contributed by atoms with van der Waals surface area (Å²) in [6.45, 7) is 5.88. The molecule has 6 nitrogen and oxygen atoms in total. The van der Waals surface area contributed by atoms with E-state index in [1.807, 2.05) is 20.8 Å². The number of aromatic hydroxyl groups is 1. The van der Waals surface area contributed by atoms with Crippen molar-refractivity contribution in [2.24, 2.45) is 0 Å². The lowest BCUT2D eigenvalue weighted by atomic mass is 9.96. The molecule has 0 aliphatic carbocycles. The van der Waals surface area contributed by atoms with E-state index in [1.165, 1.54) is 12.1 Å². The molecular formula is C14H20N2O4. The largest absolute Gasteiger partial charge is 0.506 e. The summed E-state index contributed by atoms with van der Waals surface area (Å²) in [4.78, 5) is 22.6. The molecule has 0 aromatic heterocycles. The first-order valence-corrected chi connectivity index (χ1v) is 6.46. The molecule has 0 aliphatic heterocycles. The molecule has 6 heteroatoms. The van der Waals surface area contributed by atoms with Gasteiger partial charge in [-0.1, -0.05) is 13.8 Å². The fraction of sp³-hybridized carbons (Fsp3) is 0.429. The number of hydrogen-bond donors (Lipinski definition) is 4. The van der Waals surface area contributed by atoms with Crippen molar-refractivity contribution >= 4 is 17.7 Å². The molecule has 4 N–H and O–H groups in total. The molecule has 0 unspecified atom stereocenters. The zero-order chi connectivity index (χ0) is 15.3. The molecule has 0 spiro atoms. The lowest BCUT2D eigenvalue weighted by molar-refractivity contribution is 0.0696. The van der Waals surface area contributed by atoms with Crippen LogP contribution in [0.4, 0.5) is 10.5 Å². The highest BCUT2D eigenvalue weighted by Gasteiger charge is 2.22. The first-order valence-electron chi connectivity index (χ1n) is 6.46. The van der Waals surface area contributed by atoms with E-state index in [2.05, 4.69) is 10.6 Å². The standard InChI is InChI=1S/C14H20N2O4/c1-4-14(3,5-2)16-13(20)15-10-7-6-9(12(18)19)8-11(10)17/h6-8,17H,4-5H2,1-3H3,(H,18,19)(H2,15,16,20). The van der Waals surface area contributed by atoms with E-state index in [0.717, 1.165) is 18.9 Å². The van der Waals surface area contributed by atoms with E-state index in [0.29, 0.717) is 0 Å². The average Bonchev–Trinajstić information content (AvgIpc) is 2.40. The number of hydrogen-bond acceptors (Lipinski definition) is 3. The highest BCUT2D eigenvalue weighted by atomic mass is 16.4. The molecule has 1 aromatic rings. The Kier molecular flexibility index (Phi) is 4.96. The van der Waals surface area contributed by atoms with Gasteiger partial charge in [0.25, 0.3) is 0 Å². The Morgan fingerprint density at radius 2 is 1.85 bits per heavy atom. The maximum Gasteiger partial charge on any atom is 0.335 e. The molecule has 0 saturated carbocycles. The van der Waals surface area contributed by atoms with Crippen molar-refractivity contribution in [2.45, 2.75) is 39.2 Å². The molecular weight excluding hydrogens is 260 g/mol. The summed E-state index contributed by atoms with van der Waals surface area (Å²) in [6.07, 6.45) is 1.56. The Morgan fingerprint density at radius 1 is 1.25 bits per heavy atom. The van der Waals surface area contributed by atoms with Gasteiger partial charge < -0.3 is 20.8 Å². The summed E-state index contributed by atoms with van der Waals surface area (Å²) in [5, 5.41) is 23.8. The van der Waals surface area contributed by atoms with Crippen LogP contribution < -0.4 is 10.6 Å². The number of carbonyl (C=O) groups excluding carboxylic acids is 1. The normalized spacial score (nSPS) is 10.9. The second-order valence-corrected chi connectivity index (χ2v) is 4.88. The predicted molar refractivity (Wildman–Crippen MR) is 76.2 cm³/mol. The number of carbonyl (C=O) groups is 2. The van der Waals surface area contributed by atoms with Crippen molar-refractivity contribution in [3.8, 4) is 5.75 Å². The van der Waals surface area contributed by atoms with Gasteiger partial charge in [0.05, 0.1) is 11.3 Å². The number of phenols is 1. The van der Waals surface area contributed by atoms with E-state index in [4.69, 9.17) is 5.11 Å². The van der Waals surface area contributed by atoms with Crippen molar-refractivity contribution in [1.82, 2.24) is 5.32 Å². The van der Waals surface area contributed by atoms with Crippen LogP contribution in [-0.4, -0.2) is 27.8 Å².